The zero-order chi connectivity index (χ0) is 21.3. The lowest BCUT2D eigenvalue weighted by Gasteiger charge is -2.18. The summed E-state index contributed by atoms with van der Waals surface area (Å²) >= 11 is 7.66. The first-order chi connectivity index (χ1) is 13.7. The number of ether oxygens (including phenoxy) is 2. The predicted molar refractivity (Wildman–Crippen MR) is 116 cm³/mol. The molecule has 0 spiro atoms. The number of fused-ring (bicyclic) bond motifs is 1. The molecule has 0 fully saturated rings. The van der Waals surface area contributed by atoms with Gasteiger partial charge in [-0.1, -0.05) is 18.5 Å². The van der Waals surface area contributed by atoms with Gasteiger partial charge in [-0.05, 0) is 74.8 Å². The molecule has 1 aromatic carbocycles. The van der Waals surface area contributed by atoms with Crippen LogP contribution in [0.2, 0.25) is 5.02 Å². The molecule has 1 aromatic heterocycles. The van der Waals surface area contributed by atoms with E-state index in [4.69, 9.17) is 21.1 Å². The fraction of sp³-hybridized carbons (Fsp3) is 0.455. The van der Waals surface area contributed by atoms with E-state index in [2.05, 4.69) is 12.2 Å². The van der Waals surface area contributed by atoms with E-state index in [1.807, 2.05) is 26.0 Å². The minimum Gasteiger partial charge on any atom is -0.481 e. The maximum absolute atomic E-state index is 12.8. The highest BCUT2D eigenvalue weighted by Crippen LogP contribution is 2.40. The Balaban J connectivity index is 1.80. The quantitative estimate of drug-likeness (QED) is 0.644. The van der Waals surface area contributed by atoms with Crippen LogP contribution >= 0.6 is 22.9 Å². The first-order valence-electron chi connectivity index (χ1n) is 9.68. The largest absolute Gasteiger partial charge is 0.481 e. The Labute approximate surface area is 180 Å². The standard InChI is InChI=1S/C22H26ClNO4S/c1-11-6-7-16-17(8-11)29-21(18(16)22(26)27-5)24-20(25)14(4)28-15-9-12(2)19(23)13(3)10-15/h9-11,14H,6-8H2,1-5H3,(H,24,25). The minimum atomic E-state index is -0.737. The Kier molecular flexibility index (Phi) is 6.54. The molecule has 2 atom stereocenters. The summed E-state index contributed by atoms with van der Waals surface area (Å²) in [6, 6.07) is 3.62. The van der Waals surface area contributed by atoms with Gasteiger partial charge in [0.2, 0.25) is 0 Å². The summed E-state index contributed by atoms with van der Waals surface area (Å²) < 4.78 is 10.8. The van der Waals surface area contributed by atoms with Crippen molar-refractivity contribution in [2.75, 3.05) is 12.4 Å². The molecule has 1 heterocycles. The summed E-state index contributed by atoms with van der Waals surface area (Å²) in [6.45, 7) is 7.67. The average molecular weight is 436 g/mol. The van der Waals surface area contributed by atoms with Gasteiger partial charge in [-0.2, -0.15) is 0 Å². The first-order valence-corrected chi connectivity index (χ1v) is 10.9. The number of methoxy groups -OCH3 is 1. The molecule has 0 saturated carbocycles. The number of hydrogen-bond acceptors (Lipinski definition) is 5. The normalized spacial score (nSPS) is 16.7. The number of amides is 1. The molecule has 0 radical (unpaired) electrons. The van der Waals surface area contributed by atoms with E-state index in [-0.39, 0.29) is 5.91 Å². The number of benzene rings is 1. The minimum absolute atomic E-state index is 0.313. The van der Waals surface area contributed by atoms with Crippen LogP contribution < -0.4 is 10.1 Å². The maximum atomic E-state index is 12.8. The van der Waals surface area contributed by atoms with Gasteiger partial charge in [-0.15, -0.1) is 11.3 Å². The van der Waals surface area contributed by atoms with E-state index < -0.39 is 12.1 Å². The van der Waals surface area contributed by atoms with Crippen LogP contribution in [-0.4, -0.2) is 25.1 Å². The van der Waals surface area contributed by atoms with Crippen LogP contribution in [0.25, 0.3) is 0 Å². The molecule has 0 aliphatic heterocycles. The van der Waals surface area contributed by atoms with Gasteiger partial charge in [0.05, 0.1) is 12.7 Å². The molecule has 2 aromatic rings. The second-order valence-electron chi connectivity index (χ2n) is 7.67. The Morgan fingerprint density at radius 1 is 1.28 bits per heavy atom. The van der Waals surface area contributed by atoms with Gasteiger partial charge in [-0.3, -0.25) is 4.79 Å². The molecular formula is C22H26ClNO4S. The lowest BCUT2D eigenvalue weighted by Crippen LogP contribution is -2.30. The number of hydrogen-bond donors (Lipinski definition) is 1. The van der Waals surface area contributed by atoms with Gasteiger partial charge in [0.1, 0.15) is 10.8 Å². The number of esters is 1. The fourth-order valence-corrected chi connectivity index (χ4v) is 5.11. The number of carbonyl (C=O) groups excluding carboxylic acids is 2. The highest BCUT2D eigenvalue weighted by Gasteiger charge is 2.29. The van der Waals surface area contributed by atoms with Crippen molar-refractivity contribution in [3.8, 4) is 5.75 Å². The van der Waals surface area contributed by atoms with Crippen molar-refractivity contribution in [1.82, 2.24) is 0 Å². The molecule has 1 N–H and O–H groups in total. The van der Waals surface area contributed by atoms with Crippen molar-refractivity contribution in [2.24, 2.45) is 5.92 Å². The SMILES string of the molecule is COC(=O)c1c(NC(=O)C(C)Oc2cc(C)c(Cl)c(C)c2)sc2c1CCC(C)C2. The van der Waals surface area contributed by atoms with E-state index in [0.717, 1.165) is 40.8 Å². The topological polar surface area (TPSA) is 64.6 Å². The molecule has 29 heavy (non-hydrogen) atoms. The number of anilines is 1. The van der Waals surface area contributed by atoms with E-state index in [1.54, 1.807) is 6.92 Å². The molecule has 2 unspecified atom stereocenters. The molecule has 0 saturated heterocycles. The third kappa shape index (κ3) is 4.59. The Morgan fingerprint density at radius 2 is 1.93 bits per heavy atom. The highest BCUT2D eigenvalue weighted by molar-refractivity contribution is 7.17. The molecule has 1 amide bonds. The van der Waals surface area contributed by atoms with Gasteiger partial charge >= 0.3 is 5.97 Å². The summed E-state index contributed by atoms with van der Waals surface area (Å²) in [7, 11) is 1.36. The van der Waals surface area contributed by atoms with Crippen LogP contribution in [0.3, 0.4) is 0 Å². The second-order valence-corrected chi connectivity index (χ2v) is 9.15. The third-order valence-electron chi connectivity index (χ3n) is 5.23. The summed E-state index contributed by atoms with van der Waals surface area (Å²) in [5, 5.41) is 4.12. The summed E-state index contributed by atoms with van der Waals surface area (Å²) in [5.74, 6) is 0.422. The lowest BCUT2D eigenvalue weighted by molar-refractivity contribution is -0.122. The van der Waals surface area contributed by atoms with Gasteiger partial charge in [0.25, 0.3) is 5.91 Å². The third-order valence-corrected chi connectivity index (χ3v) is 7.00. The van der Waals surface area contributed by atoms with E-state index in [0.29, 0.717) is 27.3 Å². The second kappa shape index (κ2) is 8.76. The molecule has 7 heteroatoms. The van der Waals surface area contributed by atoms with E-state index >= 15 is 0 Å². The zero-order valence-corrected chi connectivity index (χ0v) is 18.9. The van der Waals surface area contributed by atoms with E-state index in [1.165, 1.54) is 18.4 Å². The van der Waals surface area contributed by atoms with Crippen LogP contribution in [0.5, 0.6) is 5.75 Å². The maximum Gasteiger partial charge on any atom is 0.341 e. The number of thiophene rings is 1. The molecule has 156 valence electrons. The fourth-order valence-electron chi connectivity index (χ4n) is 3.60. The van der Waals surface area contributed by atoms with Crippen LogP contribution in [0.4, 0.5) is 5.00 Å². The van der Waals surface area contributed by atoms with Crippen LogP contribution in [0.1, 0.15) is 52.2 Å². The van der Waals surface area contributed by atoms with Crippen molar-refractivity contribution >= 4 is 39.8 Å². The number of carbonyl (C=O) groups is 2. The Bertz CT molecular complexity index is 930. The van der Waals surface area contributed by atoms with Crippen molar-refractivity contribution in [2.45, 2.75) is 53.1 Å². The van der Waals surface area contributed by atoms with Crippen molar-refractivity contribution in [3.63, 3.8) is 0 Å². The van der Waals surface area contributed by atoms with Gasteiger partial charge in [0.15, 0.2) is 6.10 Å². The number of aryl methyl sites for hydroxylation is 2. The number of halogens is 1. The van der Waals surface area contributed by atoms with Crippen molar-refractivity contribution in [1.29, 1.82) is 0 Å². The Morgan fingerprint density at radius 3 is 2.55 bits per heavy atom. The molecule has 3 rings (SSSR count). The summed E-state index contributed by atoms with van der Waals surface area (Å²) in [6.07, 6.45) is 2.02. The lowest BCUT2D eigenvalue weighted by atomic mass is 9.88. The van der Waals surface area contributed by atoms with Crippen LogP contribution in [0.15, 0.2) is 12.1 Å². The van der Waals surface area contributed by atoms with Gasteiger partial charge < -0.3 is 14.8 Å². The molecule has 0 bridgehead atoms. The van der Waals surface area contributed by atoms with Crippen LogP contribution in [-0.2, 0) is 22.4 Å². The van der Waals surface area contributed by atoms with Gasteiger partial charge in [0, 0.05) is 9.90 Å². The van der Waals surface area contributed by atoms with Crippen molar-refractivity contribution < 1.29 is 19.1 Å². The van der Waals surface area contributed by atoms with Crippen LogP contribution in [0, 0.1) is 19.8 Å². The number of rotatable bonds is 5. The monoisotopic (exact) mass is 435 g/mol. The summed E-state index contributed by atoms with van der Waals surface area (Å²) in [5.41, 5.74) is 3.27. The first kappa shape index (κ1) is 21.7. The highest BCUT2D eigenvalue weighted by atomic mass is 35.5. The zero-order valence-electron chi connectivity index (χ0n) is 17.3. The number of nitrogens with one attached hydrogen (secondary N) is 1. The van der Waals surface area contributed by atoms with Crippen molar-refractivity contribution in [3.05, 3.63) is 44.3 Å². The molecule has 5 nitrogen and oxygen atoms in total. The average Bonchev–Trinajstić information content (AvgIpc) is 3.02. The predicted octanol–water partition coefficient (Wildman–Crippen LogP) is 5.34. The molecular weight excluding hydrogens is 410 g/mol. The Hall–Kier alpha value is -2.05. The summed E-state index contributed by atoms with van der Waals surface area (Å²) in [4.78, 5) is 26.3. The van der Waals surface area contributed by atoms with Gasteiger partial charge in [-0.25, -0.2) is 4.79 Å². The molecule has 1 aliphatic carbocycles. The molecule has 1 aliphatic rings. The smallest absolute Gasteiger partial charge is 0.341 e. The van der Waals surface area contributed by atoms with E-state index in [9.17, 15) is 9.59 Å².